The zero-order valence-corrected chi connectivity index (χ0v) is 15.7. The molecule has 2 heterocycles. The monoisotopic (exact) mass is 372 g/mol. The summed E-state index contributed by atoms with van der Waals surface area (Å²) in [5.74, 6) is 1.00. The maximum atomic E-state index is 12.6. The fourth-order valence-corrected chi connectivity index (χ4v) is 3.72. The van der Waals surface area contributed by atoms with E-state index in [9.17, 15) is 9.59 Å². The molecule has 3 rings (SSSR count). The van der Waals surface area contributed by atoms with Crippen LogP contribution in [0.4, 0.5) is 10.5 Å². The Morgan fingerprint density at radius 3 is 2.50 bits per heavy atom. The van der Waals surface area contributed by atoms with Gasteiger partial charge < -0.3 is 20.1 Å². The molecule has 1 aliphatic heterocycles. The molecule has 0 saturated carbocycles. The largest absolute Gasteiger partial charge is 0.357 e. The molecule has 0 atom stereocenters. The molecule has 3 amide bonds. The van der Waals surface area contributed by atoms with Crippen molar-refractivity contribution in [3.8, 4) is 0 Å². The van der Waals surface area contributed by atoms with Crippen LogP contribution in [0.15, 0.2) is 47.5 Å². The number of aromatic amines is 1. The lowest BCUT2D eigenvalue weighted by molar-refractivity contribution is 0.0666. The van der Waals surface area contributed by atoms with Crippen molar-refractivity contribution in [3.63, 3.8) is 0 Å². The van der Waals surface area contributed by atoms with Crippen molar-refractivity contribution < 1.29 is 9.59 Å². The van der Waals surface area contributed by atoms with Crippen molar-refractivity contribution in [2.75, 3.05) is 37.2 Å². The van der Waals surface area contributed by atoms with E-state index in [0.717, 1.165) is 22.8 Å². The van der Waals surface area contributed by atoms with Gasteiger partial charge in [-0.15, -0.1) is 11.8 Å². The van der Waals surface area contributed by atoms with Gasteiger partial charge >= 0.3 is 6.03 Å². The van der Waals surface area contributed by atoms with Crippen LogP contribution in [0.25, 0.3) is 0 Å². The van der Waals surface area contributed by atoms with Gasteiger partial charge in [-0.2, -0.15) is 0 Å². The molecular weight excluding hydrogens is 348 g/mol. The number of nitrogens with one attached hydrogen (secondary N) is 2. The number of thioether (sulfide) groups is 1. The summed E-state index contributed by atoms with van der Waals surface area (Å²) in [5, 5.41) is 3.02. The molecule has 0 aliphatic carbocycles. The van der Waals surface area contributed by atoms with E-state index < -0.39 is 0 Å². The summed E-state index contributed by atoms with van der Waals surface area (Å²) in [6.45, 7) is 4.28. The zero-order valence-electron chi connectivity index (χ0n) is 14.9. The first-order valence-electron chi connectivity index (χ1n) is 8.89. The van der Waals surface area contributed by atoms with Gasteiger partial charge in [0.05, 0.1) is 5.69 Å². The van der Waals surface area contributed by atoms with Crippen LogP contribution in [0.2, 0.25) is 0 Å². The van der Waals surface area contributed by atoms with E-state index in [1.54, 1.807) is 33.8 Å². The number of para-hydroxylation sites is 1. The van der Waals surface area contributed by atoms with Gasteiger partial charge in [-0.25, -0.2) is 4.79 Å². The molecule has 2 aromatic rings. The van der Waals surface area contributed by atoms with Crippen molar-refractivity contribution in [2.45, 2.75) is 18.2 Å². The molecule has 1 aromatic heterocycles. The number of rotatable bonds is 5. The number of hydrogen-bond acceptors (Lipinski definition) is 3. The minimum Gasteiger partial charge on any atom is -0.357 e. The van der Waals surface area contributed by atoms with Crippen LogP contribution in [0, 0.1) is 0 Å². The number of nitrogens with zero attached hydrogens (tertiary/aromatic N) is 2. The Labute approximate surface area is 157 Å². The summed E-state index contributed by atoms with van der Waals surface area (Å²) in [4.78, 5) is 32.5. The number of carbonyl (C=O) groups is 2. The fraction of sp³-hybridized carbons (Fsp3) is 0.368. The minimum atomic E-state index is -0.110. The van der Waals surface area contributed by atoms with E-state index in [0.29, 0.717) is 31.9 Å². The summed E-state index contributed by atoms with van der Waals surface area (Å²) >= 11 is 1.75. The minimum absolute atomic E-state index is 0.0173. The number of carbonyl (C=O) groups excluding carboxylic acids is 2. The smallest absolute Gasteiger partial charge is 0.321 e. The molecule has 6 nitrogen and oxygen atoms in total. The normalized spacial score (nSPS) is 14.3. The Morgan fingerprint density at radius 2 is 1.81 bits per heavy atom. The molecule has 1 aliphatic rings. The second-order valence-electron chi connectivity index (χ2n) is 6.14. The Kier molecular flexibility index (Phi) is 6.22. The highest BCUT2D eigenvalue weighted by atomic mass is 32.2. The third-order valence-corrected chi connectivity index (χ3v) is 5.55. The van der Waals surface area contributed by atoms with Crippen LogP contribution in [0.5, 0.6) is 0 Å². The van der Waals surface area contributed by atoms with E-state index in [-0.39, 0.29) is 11.9 Å². The highest BCUT2D eigenvalue weighted by molar-refractivity contribution is 7.99. The quantitative estimate of drug-likeness (QED) is 0.789. The molecule has 138 valence electrons. The predicted molar refractivity (Wildman–Crippen MR) is 105 cm³/mol. The van der Waals surface area contributed by atoms with Crippen LogP contribution in [-0.4, -0.2) is 58.7 Å². The molecule has 1 fully saturated rings. The van der Waals surface area contributed by atoms with Crippen LogP contribution in [0.1, 0.15) is 23.8 Å². The molecule has 0 radical (unpaired) electrons. The van der Waals surface area contributed by atoms with Crippen molar-refractivity contribution in [1.82, 2.24) is 14.8 Å². The Bertz CT molecular complexity index is 740. The molecule has 0 spiro atoms. The number of amides is 3. The molecule has 26 heavy (non-hydrogen) atoms. The first kappa shape index (κ1) is 18.4. The number of H-pyrrole nitrogens is 1. The zero-order chi connectivity index (χ0) is 18.4. The number of aromatic nitrogens is 1. The summed E-state index contributed by atoms with van der Waals surface area (Å²) in [7, 11) is 0. The average molecular weight is 372 g/mol. The lowest BCUT2D eigenvalue weighted by atomic mass is 10.3. The molecule has 7 heteroatoms. The molecule has 0 unspecified atom stereocenters. The van der Waals surface area contributed by atoms with Gasteiger partial charge in [0.15, 0.2) is 0 Å². The van der Waals surface area contributed by atoms with Gasteiger partial charge in [-0.3, -0.25) is 4.79 Å². The van der Waals surface area contributed by atoms with E-state index >= 15 is 0 Å². The summed E-state index contributed by atoms with van der Waals surface area (Å²) in [5.41, 5.74) is 1.44. The molecule has 1 aromatic carbocycles. The highest BCUT2D eigenvalue weighted by Gasteiger charge is 2.25. The lowest BCUT2D eigenvalue weighted by Crippen LogP contribution is -2.51. The molecular formula is C19H24N4O2S. The maximum Gasteiger partial charge on any atom is 0.321 e. The Hall–Kier alpha value is -2.41. The van der Waals surface area contributed by atoms with E-state index in [2.05, 4.69) is 17.2 Å². The van der Waals surface area contributed by atoms with Gasteiger partial charge in [-0.05, 0) is 36.4 Å². The molecule has 0 bridgehead atoms. The number of anilines is 1. The fourth-order valence-electron chi connectivity index (χ4n) is 2.85. The second kappa shape index (κ2) is 8.80. The van der Waals surface area contributed by atoms with Gasteiger partial charge in [0.25, 0.3) is 5.91 Å². The predicted octanol–water partition coefficient (Wildman–Crippen LogP) is 3.51. The SMILES string of the molecule is CCCSc1ccccc1NC(=O)N1CCN(C(=O)c2ccc[nH]2)CC1. The second-order valence-corrected chi connectivity index (χ2v) is 7.27. The van der Waals surface area contributed by atoms with Crippen LogP contribution < -0.4 is 5.32 Å². The number of piperazine rings is 1. The van der Waals surface area contributed by atoms with E-state index in [1.807, 2.05) is 30.3 Å². The topological polar surface area (TPSA) is 68.4 Å². The van der Waals surface area contributed by atoms with Crippen LogP contribution in [-0.2, 0) is 0 Å². The van der Waals surface area contributed by atoms with Crippen LogP contribution >= 0.6 is 11.8 Å². The van der Waals surface area contributed by atoms with Crippen molar-refractivity contribution in [1.29, 1.82) is 0 Å². The van der Waals surface area contributed by atoms with Crippen LogP contribution in [0.3, 0.4) is 0 Å². The lowest BCUT2D eigenvalue weighted by Gasteiger charge is -2.34. The van der Waals surface area contributed by atoms with E-state index in [4.69, 9.17) is 0 Å². The van der Waals surface area contributed by atoms with Crippen molar-refractivity contribution in [3.05, 3.63) is 48.3 Å². The van der Waals surface area contributed by atoms with Crippen molar-refractivity contribution in [2.24, 2.45) is 0 Å². The maximum absolute atomic E-state index is 12.6. The summed E-state index contributed by atoms with van der Waals surface area (Å²) in [6.07, 6.45) is 2.83. The third-order valence-electron chi connectivity index (χ3n) is 4.27. The molecule has 2 N–H and O–H groups in total. The summed E-state index contributed by atoms with van der Waals surface area (Å²) < 4.78 is 0. The van der Waals surface area contributed by atoms with E-state index in [1.165, 1.54) is 0 Å². The van der Waals surface area contributed by atoms with Gasteiger partial charge in [-0.1, -0.05) is 19.1 Å². The van der Waals surface area contributed by atoms with Gasteiger partial charge in [0.1, 0.15) is 5.69 Å². The average Bonchev–Trinajstić information content (AvgIpc) is 3.21. The first-order chi connectivity index (χ1) is 12.7. The summed E-state index contributed by atoms with van der Waals surface area (Å²) in [6, 6.07) is 11.3. The van der Waals surface area contributed by atoms with Crippen molar-refractivity contribution >= 4 is 29.4 Å². The highest BCUT2D eigenvalue weighted by Crippen LogP contribution is 2.27. The first-order valence-corrected chi connectivity index (χ1v) is 9.88. The van der Waals surface area contributed by atoms with Gasteiger partial charge in [0, 0.05) is 37.3 Å². The Balaban J connectivity index is 1.55. The van der Waals surface area contributed by atoms with Gasteiger partial charge in [0.2, 0.25) is 0 Å². The Morgan fingerprint density at radius 1 is 1.08 bits per heavy atom. The molecule has 1 saturated heterocycles. The number of benzene rings is 1. The number of urea groups is 1. The standard InChI is InChI=1S/C19H24N4O2S/c1-2-14-26-17-8-4-3-6-15(17)21-19(25)23-12-10-22(11-13-23)18(24)16-7-5-9-20-16/h3-9,20H,2,10-14H2,1H3,(H,21,25). The third kappa shape index (κ3) is 4.40. The number of hydrogen-bond donors (Lipinski definition) is 2.